The quantitative estimate of drug-likeness (QED) is 0.215. The van der Waals surface area contributed by atoms with Crippen LogP contribution in [0.1, 0.15) is 0 Å². The van der Waals surface area contributed by atoms with E-state index in [1.54, 1.807) is 0 Å². The van der Waals surface area contributed by atoms with E-state index in [-0.39, 0.29) is 13.2 Å². The molecule has 0 aliphatic rings. The Kier molecular flexibility index (Phi) is 20.0. The van der Waals surface area contributed by atoms with Crippen LogP contribution in [-0.4, -0.2) is 54.2 Å². The molecule has 0 amide bonds. The molecule has 0 radical (unpaired) electrons. The highest BCUT2D eigenvalue weighted by Crippen LogP contribution is 1.54. The van der Waals surface area contributed by atoms with E-state index in [4.69, 9.17) is 20.3 Å². The van der Waals surface area contributed by atoms with Crippen molar-refractivity contribution in [2.45, 2.75) is 0 Å². The lowest BCUT2D eigenvalue weighted by molar-refractivity contribution is 0.266. The van der Waals surface area contributed by atoms with Gasteiger partial charge in [0, 0.05) is 13.1 Å². The Morgan fingerprint density at radius 2 is 1.30 bits per heavy atom. The predicted molar refractivity (Wildman–Crippen MR) is 38.6 cm³/mol. The van der Waals surface area contributed by atoms with Crippen molar-refractivity contribution in [3.05, 3.63) is 0 Å². The molecule has 0 saturated carbocycles. The van der Waals surface area contributed by atoms with Crippen molar-refractivity contribution >= 4 is 7.69 Å². The van der Waals surface area contributed by atoms with Crippen LogP contribution in [0, 0.1) is 0 Å². The summed E-state index contributed by atoms with van der Waals surface area (Å²) in [5, 5.41) is 33.3. The van der Waals surface area contributed by atoms with Crippen molar-refractivity contribution in [2.24, 2.45) is 0 Å². The molecule has 0 rings (SSSR count). The van der Waals surface area contributed by atoms with Crippen molar-refractivity contribution in [1.82, 2.24) is 5.32 Å². The third-order valence-corrected chi connectivity index (χ3v) is 0.577. The fourth-order valence-corrected chi connectivity index (χ4v) is 0.283. The first-order chi connectivity index (χ1) is 4.83. The summed E-state index contributed by atoms with van der Waals surface area (Å²) < 4.78 is 0. The molecule has 0 spiro atoms. The topological polar surface area (TPSA) is 93.0 Å². The largest absolute Gasteiger partial charge is 0.432 e. The molecule has 0 aromatic rings. The molecule has 0 heterocycles. The van der Waals surface area contributed by atoms with Crippen molar-refractivity contribution in [2.75, 3.05) is 26.3 Å². The average molecular weight is 151 g/mol. The summed E-state index contributed by atoms with van der Waals surface area (Å²) in [4.78, 5) is 0. The van der Waals surface area contributed by atoms with Crippen LogP contribution in [0.5, 0.6) is 0 Å². The smallest absolute Gasteiger partial charge is 0.430 e. The maximum atomic E-state index is 8.15. The summed E-state index contributed by atoms with van der Waals surface area (Å²) in [6.07, 6.45) is 0. The molecule has 0 aromatic heterocycles. The molecule has 0 bridgehead atoms. The van der Waals surface area contributed by atoms with E-state index in [2.05, 4.69) is 5.32 Å². The first kappa shape index (κ1) is 12.5. The second-order valence-electron chi connectivity index (χ2n) is 1.34. The average Bonchev–Trinajstić information content (AvgIpc) is 1.91. The SMILES string of the molecule is OBO.OCCNCCO. The standard InChI is InChI=1S/C4H11NO2.BH3O2/c6-3-1-5-2-4-7;2-1-3/h5-7H,1-4H2;1-3H. The summed E-state index contributed by atoms with van der Waals surface area (Å²) in [6.45, 7) is 1.42. The Balaban J connectivity index is 0. The summed E-state index contributed by atoms with van der Waals surface area (Å²) in [5.41, 5.74) is 0. The Morgan fingerprint density at radius 1 is 1.00 bits per heavy atom. The van der Waals surface area contributed by atoms with Crippen LogP contribution in [0.15, 0.2) is 0 Å². The summed E-state index contributed by atoms with van der Waals surface area (Å²) >= 11 is 0. The maximum Gasteiger partial charge on any atom is 0.432 e. The van der Waals surface area contributed by atoms with Crippen LogP contribution in [0.25, 0.3) is 0 Å². The minimum absolute atomic E-state index is 0.139. The molecule has 0 atom stereocenters. The second kappa shape index (κ2) is 15.9. The van der Waals surface area contributed by atoms with Gasteiger partial charge >= 0.3 is 7.69 Å². The Labute approximate surface area is 60.6 Å². The molecule has 0 fully saturated rings. The molecular formula is C4H14BNO4. The molecule has 0 aliphatic heterocycles. The van der Waals surface area contributed by atoms with Crippen LogP contribution in [0.3, 0.4) is 0 Å². The van der Waals surface area contributed by atoms with Gasteiger partial charge < -0.3 is 25.6 Å². The molecule has 5 nitrogen and oxygen atoms in total. The van der Waals surface area contributed by atoms with Gasteiger partial charge in [-0.15, -0.1) is 0 Å². The van der Waals surface area contributed by atoms with E-state index in [1.807, 2.05) is 0 Å². The molecule has 62 valence electrons. The fourth-order valence-electron chi connectivity index (χ4n) is 0.283. The first-order valence-electron chi connectivity index (χ1n) is 2.97. The van der Waals surface area contributed by atoms with E-state index < -0.39 is 7.69 Å². The minimum Gasteiger partial charge on any atom is -0.430 e. The van der Waals surface area contributed by atoms with Gasteiger partial charge in [0.25, 0.3) is 0 Å². The Bertz CT molecular complexity index is 44.2. The van der Waals surface area contributed by atoms with E-state index in [1.165, 1.54) is 0 Å². The van der Waals surface area contributed by atoms with Crippen molar-refractivity contribution < 1.29 is 20.3 Å². The number of hydrogen-bond acceptors (Lipinski definition) is 5. The lowest BCUT2D eigenvalue weighted by Crippen LogP contribution is -2.21. The van der Waals surface area contributed by atoms with Crippen LogP contribution in [0.4, 0.5) is 0 Å². The van der Waals surface area contributed by atoms with Gasteiger partial charge in [-0.1, -0.05) is 0 Å². The van der Waals surface area contributed by atoms with Gasteiger partial charge in [-0.05, 0) is 0 Å². The van der Waals surface area contributed by atoms with Gasteiger partial charge in [0.15, 0.2) is 0 Å². The molecule has 0 unspecified atom stereocenters. The molecule has 0 aliphatic carbocycles. The van der Waals surface area contributed by atoms with E-state index >= 15 is 0 Å². The molecule has 0 aromatic carbocycles. The molecule has 6 heteroatoms. The zero-order chi connectivity index (χ0) is 8.24. The van der Waals surface area contributed by atoms with Crippen molar-refractivity contribution in [3.63, 3.8) is 0 Å². The predicted octanol–water partition coefficient (Wildman–Crippen LogP) is -3.20. The Morgan fingerprint density at radius 3 is 1.50 bits per heavy atom. The lowest BCUT2D eigenvalue weighted by Gasteiger charge is -1.94. The normalized spacial score (nSPS) is 8.00. The van der Waals surface area contributed by atoms with Gasteiger partial charge in [0.05, 0.1) is 13.2 Å². The van der Waals surface area contributed by atoms with E-state index in [9.17, 15) is 0 Å². The monoisotopic (exact) mass is 151 g/mol. The van der Waals surface area contributed by atoms with Gasteiger partial charge in [0.2, 0.25) is 0 Å². The minimum atomic E-state index is -0.750. The third kappa shape index (κ3) is 24.8. The highest BCUT2D eigenvalue weighted by Gasteiger charge is 1.78. The number of nitrogens with one attached hydrogen (secondary N) is 1. The highest BCUT2D eigenvalue weighted by atomic mass is 16.4. The zero-order valence-corrected chi connectivity index (χ0v) is 5.82. The Hall–Kier alpha value is -0.135. The second-order valence-corrected chi connectivity index (χ2v) is 1.34. The van der Waals surface area contributed by atoms with Crippen LogP contribution in [0.2, 0.25) is 0 Å². The third-order valence-electron chi connectivity index (χ3n) is 0.577. The van der Waals surface area contributed by atoms with Gasteiger partial charge in [0.1, 0.15) is 0 Å². The van der Waals surface area contributed by atoms with Gasteiger partial charge in [-0.25, -0.2) is 0 Å². The highest BCUT2D eigenvalue weighted by molar-refractivity contribution is 6.13. The zero-order valence-electron chi connectivity index (χ0n) is 5.82. The van der Waals surface area contributed by atoms with Crippen molar-refractivity contribution in [3.8, 4) is 0 Å². The summed E-state index contributed by atoms with van der Waals surface area (Å²) in [5.74, 6) is 0. The molecule has 5 N–H and O–H groups in total. The van der Waals surface area contributed by atoms with Crippen LogP contribution < -0.4 is 5.32 Å². The number of hydrogen-bond donors (Lipinski definition) is 5. The fraction of sp³-hybridized carbons (Fsp3) is 1.00. The van der Waals surface area contributed by atoms with Crippen LogP contribution in [-0.2, 0) is 0 Å². The molecule has 0 saturated heterocycles. The maximum absolute atomic E-state index is 8.15. The first-order valence-corrected chi connectivity index (χ1v) is 2.97. The molecular weight excluding hydrogens is 137 g/mol. The van der Waals surface area contributed by atoms with Gasteiger partial charge in [-0.2, -0.15) is 0 Å². The number of rotatable bonds is 4. The number of aliphatic hydroxyl groups excluding tert-OH is 2. The van der Waals surface area contributed by atoms with E-state index in [0.717, 1.165) is 0 Å². The lowest BCUT2D eigenvalue weighted by atomic mass is 10.5. The van der Waals surface area contributed by atoms with Crippen molar-refractivity contribution in [1.29, 1.82) is 0 Å². The summed E-state index contributed by atoms with van der Waals surface area (Å²) in [6, 6.07) is 0. The molecule has 10 heavy (non-hydrogen) atoms. The number of aliphatic hydroxyl groups is 2. The van der Waals surface area contributed by atoms with E-state index in [0.29, 0.717) is 13.1 Å². The summed E-state index contributed by atoms with van der Waals surface area (Å²) in [7, 11) is -0.750. The van der Waals surface area contributed by atoms with Crippen LogP contribution >= 0.6 is 0 Å². The van der Waals surface area contributed by atoms with Gasteiger partial charge in [-0.3, -0.25) is 0 Å².